The lowest BCUT2D eigenvalue weighted by Crippen LogP contribution is -2.38. The van der Waals surface area contributed by atoms with Crippen LogP contribution in [0.4, 0.5) is 0 Å². The van der Waals surface area contributed by atoms with E-state index in [2.05, 4.69) is 10.3 Å². The van der Waals surface area contributed by atoms with Crippen molar-refractivity contribution < 1.29 is 14.7 Å². The van der Waals surface area contributed by atoms with Crippen LogP contribution in [0.25, 0.3) is 11.0 Å². The van der Waals surface area contributed by atoms with E-state index >= 15 is 0 Å². The highest BCUT2D eigenvalue weighted by atomic mass is 16.4. The van der Waals surface area contributed by atoms with Crippen LogP contribution in [0.5, 0.6) is 0 Å². The molecule has 7 nitrogen and oxygen atoms in total. The van der Waals surface area contributed by atoms with Crippen molar-refractivity contribution >= 4 is 22.9 Å². The zero-order valence-electron chi connectivity index (χ0n) is 10.5. The van der Waals surface area contributed by atoms with E-state index in [0.717, 1.165) is 0 Å². The smallest absolute Gasteiger partial charge is 0.337 e. The lowest BCUT2D eigenvalue weighted by molar-refractivity contribution is -0.122. The summed E-state index contributed by atoms with van der Waals surface area (Å²) < 4.78 is 1.53. The average molecular weight is 275 g/mol. The summed E-state index contributed by atoms with van der Waals surface area (Å²) in [6.07, 6.45) is 0.929. The Morgan fingerprint density at radius 3 is 2.80 bits per heavy atom. The SMILES string of the molecule is O=C1CCC(n2c(=O)[nH]c3c(C(=O)O)cccc32)CN1. The molecule has 0 radical (unpaired) electrons. The van der Waals surface area contributed by atoms with Crippen molar-refractivity contribution in [2.45, 2.75) is 18.9 Å². The van der Waals surface area contributed by atoms with Crippen molar-refractivity contribution in [1.82, 2.24) is 14.9 Å². The normalized spacial score (nSPS) is 19.0. The number of amides is 1. The van der Waals surface area contributed by atoms with Crippen LogP contribution < -0.4 is 11.0 Å². The second-order valence-corrected chi connectivity index (χ2v) is 4.80. The summed E-state index contributed by atoms with van der Waals surface area (Å²) in [5.74, 6) is -1.11. The van der Waals surface area contributed by atoms with E-state index in [1.807, 2.05) is 0 Å². The van der Waals surface area contributed by atoms with Crippen LogP contribution in [0, 0.1) is 0 Å². The predicted molar refractivity (Wildman–Crippen MR) is 70.8 cm³/mol. The lowest BCUT2D eigenvalue weighted by atomic mass is 10.1. The molecule has 1 aliphatic rings. The molecule has 0 saturated carbocycles. The molecule has 1 unspecified atom stereocenters. The maximum absolute atomic E-state index is 12.1. The van der Waals surface area contributed by atoms with Gasteiger partial charge in [0.2, 0.25) is 5.91 Å². The van der Waals surface area contributed by atoms with E-state index < -0.39 is 5.97 Å². The third-order valence-corrected chi connectivity index (χ3v) is 3.59. The zero-order chi connectivity index (χ0) is 14.3. The number of carbonyl (C=O) groups excluding carboxylic acids is 1. The molecule has 20 heavy (non-hydrogen) atoms. The highest BCUT2D eigenvalue weighted by Crippen LogP contribution is 2.22. The molecule has 1 aromatic carbocycles. The molecular weight excluding hydrogens is 262 g/mol. The molecule has 0 bridgehead atoms. The minimum absolute atomic E-state index is 0.0274. The zero-order valence-corrected chi connectivity index (χ0v) is 10.5. The standard InChI is InChI=1S/C13H13N3O4/c17-10-5-4-7(6-14-10)16-9-3-1-2-8(12(18)19)11(9)15-13(16)20/h1-3,7H,4-6H2,(H,14,17)(H,15,20)(H,18,19). The predicted octanol–water partition coefficient (Wildman–Crippen LogP) is 0.479. The molecule has 2 aromatic rings. The van der Waals surface area contributed by atoms with Gasteiger partial charge in [0.25, 0.3) is 0 Å². The number of para-hydroxylation sites is 1. The number of aromatic amines is 1. The van der Waals surface area contributed by atoms with Crippen LogP contribution in [-0.2, 0) is 4.79 Å². The van der Waals surface area contributed by atoms with Crippen LogP contribution in [0.3, 0.4) is 0 Å². The molecule has 1 saturated heterocycles. The van der Waals surface area contributed by atoms with Crippen LogP contribution in [0.15, 0.2) is 23.0 Å². The van der Waals surface area contributed by atoms with Gasteiger partial charge in [0.15, 0.2) is 0 Å². The Morgan fingerprint density at radius 2 is 2.15 bits per heavy atom. The van der Waals surface area contributed by atoms with Crippen molar-refractivity contribution in [3.05, 3.63) is 34.2 Å². The Morgan fingerprint density at radius 1 is 1.35 bits per heavy atom. The number of carboxylic acids is 1. The number of imidazole rings is 1. The molecule has 1 atom stereocenters. The number of H-pyrrole nitrogens is 1. The first-order chi connectivity index (χ1) is 9.58. The number of fused-ring (bicyclic) bond motifs is 1. The maximum atomic E-state index is 12.1. The quantitative estimate of drug-likeness (QED) is 0.741. The fraction of sp³-hybridized carbons (Fsp3) is 0.308. The first-order valence-electron chi connectivity index (χ1n) is 6.31. The van der Waals surface area contributed by atoms with Gasteiger partial charge in [-0.1, -0.05) is 6.07 Å². The van der Waals surface area contributed by atoms with Crippen molar-refractivity contribution in [2.24, 2.45) is 0 Å². The average Bonchev–Trinajstić information content (AvgIpc) is 2.75. The Kier molecular flexibility index (Phi) is 2.81. The van der Waals surface area contributed by atoms with Gasteiger partial charge in [-0.25, -0.2) is 9.59 Å². The fourth-order valence-corrected chi connectivity index (χ4v) is 2.63. The number of carboxylic acid groups (broad SMARTS) is 1. The van der Waals surface area contributed by atoms with Crippen molar-refractivity contribution in [1.29, 1.82) is 0 Å². The van der Waals surface area contributed by atoms with Gasteiger partial charge in [0, 0.05) is 13.0 Å². The summed E-state index contributed by atoms with van der Waals surface area (Å²) in [4.78, 5) is 37.0. The Labute approximate surface area is 113 Å². The number of piperidine rings is 1. The molecule has 1 fully saturated rings. The number of hydrogen-bond donors (Lipinski definition) is 3. The van der Waals surface area contributed by atoms with Gasteiger partial charge in [0.1, 0.15) is 0 Å². The number of carbonyl (C=O) groups is 2. The van der Waals surface area contributed by atoms with Gasteiger partial charge in [-0.05, 0) is 18.6 Å². The number of nitrogens with zero attached hydrogens (tertiary/aromatic N) is 1. The number of hydrogen-bond acceptors (Lipinski definition) is 3. The van der Waals surface area contributed by atoms with Gasteiger partial charge < -0.3 is 15.4 Å². The van der Waals surface area contributed by atoms with E-state index in [4.69, 9.17) is 5.11 Å². The summed E-state index contributed by atoms with van der Waals surface area (Å²) in [6, 6.07) is 4.61. The molecule has 0 aliphatic carbocycles. The minimum Gasteiger partial charge on any atom is -0.478 e. The number of rotatable bonds is 2. The van der Waals surface area contributed by atoms with Crippen LogP contribution in [0.1, 0.15) is 29.2 Å². The number of aromatic nitrogens is 2. The monoisotopic (exact) mass is 275 g/mol. The molecule has 2 heterocycles. The van der Waals surface area contributed by atoms with Crippen molar-refractivity contribution in [2.75, 3.05) is 6.54 Å². The van der Waals surface area contributed by atoms with Crippen LogP contribution in [0.2, 0.25) is 0 Å². The Bertz CT molecular complexity index is 749. The summed E-state index contributed by atoms with van der Waals surface area (Å²) in [7, 11) is 0. The Hall–Kier alpha value is -2.57. The number of benzene rings is 1. The van der Waals surface area contributed by atoms with E-state index in [-0.39, 0.29) is 23.2 Å². The van der Waals surface area contributed by atoms with E-state index in [9.17, 15) is 14.4 Å². The van der Waals surface area contributed by atoms with Crippen molar-refractivity contribution in [3.8, 4) is 0 Å². The third kappa shape index (κ3) is 1.87. The van der Waals surface area contributed by atoms with Gasteiger partial charge in [-0.15, -0.1) is 0 Å². The highest BCUT2D eigenvalue weighted by molar-refractivity contribution is 6.00. The third-order valence-electron chi connectivity index (χ3n) is 3.59. The summed E-state index contributed by atoms with van der Waals surface area (Å²) in [5.41, 5.74) is 0.589. The van der Waals surface area contributed by atoms with E-state index in [0.29, 0.717) is 30.4 Å². The van der Waals surface area contributed by atoms with Gasteiger partial charge in [-0.2, -0.15) is 0 Å². The molecule has 3 rings (SSSR count). The van der Waals surface area contributed by atoms with Crippen molar-refractivity contribution in [3.63, 3.8) is 0 Å². The van der Waals surface area contributed by atoms with Gasteiger partial charge >= 0.3 is 11.7 Å². The second kappa shape index (κ2) is 4.52. The summed E-state index contributed by atoms with van der Waals surface area (Å²) in [5, 5.41) is 11.9. The number of aromatic carboxylic acids is 1. The van der Waals surface area contributed by atoms with E-state index in [1.54, 1.807) is 12.1 Å². The van der Waals surface area contributed by atoms with Gasteiger partial charge in [0.05, 0.1) is 22.6 Å². The Balaban J connectivity index is 2.14. The molecular formula is C13H13N3O4. The molecule has 3 N–H and O–H groups in total. The second-order valence-electron chi connectivity index (χ2n) is 4.80. The first kappa shape index (κ1) is 12.5. The maximum Gasteiger partial charge on any atom is 0.337 e. The fourth-order valence-electron chi connectivity index (χ4n) is 2.63. The number of nitrogens with one attached hydrogen (secondary N) is 2. The molecule has 104 valence electrons. The molecule has 1 aliphatic heterocycles. The van der Waals surface area contributed by atoms with Gasteiger partial charge in [-0.3, -0.25) is 9.36 Å². The van der Waals surface area contributed by atoms with Crippen LogP contribution in [-0.4, -0.2) is 33.1 Å². The summed E-state index contributed by atoms with van der Waals surface area (Å²) >= 11 is 0. The first-order valence-corrected chi connectivity index (χ1v) is 6.31. The molecule has 1 aromatic heterocycles. The lowest BCUT2D eigenvalue weighted by Gasteiger charge is -2.23. The topological polar surface area (TPSA) is 104 Å². The largest absolute Gasteiger partial charge is 0.478 e. The van der Waals surface area contributed by atoms with E-state index in [1.165, 1.54) is 10.6 Å². The summed E-state index contributed by atoms with van der Waals surface area (Å²) in [6.45, 7) is 0.378. The van der Waals surface area contributed by atoms with Crippen LogP contribution >= 0.6 is 0 Å². The minimum atomic E-state index is -1.08. The molecule has 0 spiro atoms. The molecule has 7 heteroatoms. The highest BCUT2D eigenvalue weighted by Gasteiger charge is 2.24. The molecule has 1 amide bonds.